The van der Waals surface area contributed by atoms with E-state index < -0.39 is 0 Å². The maximum Gasteiger partial charge on any atom is 0.224 e. The Balaban J connectivity index is 0.00000264. The fourth-order valence-corrected chi connectivity index (χ4v) is 3.86. The van der Waals surface area contributed by atoms with Crippen LogP contribution in [0.3, 0.4) is 0 Å². The molecule has 0 bridgehead atoms. The third-order valence-corrected chi connectivity index (χ3v) is 5.25. The van der Waals surface area contributed by atoms with Gasteiger partial charge in [0.2, 0.25) is 5.91 Å². The smallest absolute Gasteiger partial charge is 0.224 e. The number of benzene rings is 1. The van der Waals surface area contributed by atoms with Crippen LogP contribution in [0.1, 0.15) is 40.0 Å². The molecule has 1 aliphatic heterocycles. The molecule has 1 heterocycles. The third-order valence-electron chi connectivity index (χ3n) is 4.17. The quantitative estimate of drug-likeness (QED) is 0.733. The van der Waals surface area contributed by atoms with Crippen LogP contribution in [0.25, 0.3) is 0 Å². The zero-order valence-electron chi connectivity index (χ0n) is 14.3. The lowest BCUT2D eigenvalue weighted by Crippen LogP contribution is -2.34. The number of thioether (sulfide) groups is 1. The van der Waals surface area contributed by atoms with Gasteiger partial charge in [-0.05, 0) is 49.9 Å². The number of piperidine rings is 1. The van der Waals surface area contributed by atoms with Crippen molar-refractivity contribution in [3.05, 3.63) is 24.3 Å². The van der Waals surface area contributed by atoms with Crippen LogP contribution in [0.4, 0.5) is 5.69 Å². The molecule has 3 nitrogen and oxygen atoms in total. The van der Waals surface area contributed by atoms with Gasteiger partial charge >= 0.3 is 0 Å². The number of carbonyl (C=O) groups is 1. The SMILES string of the molecule is CC(C)Sc1ccccc1NC(=O)CC(C)C1CCCNC1.Cl. The normalized spacial score (nSPS) is 19.0. The first-order chi connectivity index (χ1) is 10.6. The lowest BCUT2D eigenvalue weighted by atomic mass is 9.85. The molecule has 1 amide bonds. The Bertz CT molecular complexity index is 490. The average molecular weight is 357 g/mol. The van der Waals surface area contributed by atoms with Gasteiger partial charge in [0.25, 0.3) is 0 Å². The van der Waals surface area contributed by atoms with Crippen molar-refractivity contribution in [2.75, 3.05) is 18.4 Å². The van der Waals surface area contributed by atoms with Gasteiger partial charge in [0.05, 0.1) is 5.69 Å². The molecule has 1 aromatic carbocycles. The standard InChI is InChI=1S/C18H28N2OS.ClH/c1-13(2)22-17-9-5-4-8-16(17)20-18(21)11-14(3)15-7-6-10-19-12-15;/h4-5,8-9,13-15,19H,6-7,10-12H2,1-3H3,(H,20,21);1H. The average Bonchev–Trinajstić information content (AvgIpc) is 2.49. The van der Waals surface area contributed by atoms with Gasteiger partial charge in [-0.15, -0.1) is 24.2 Å². The van der Waals surface area contributed by atoms with Gasteiger partial charge in [-0.2, -0.15) is 0 Å². The number of hydrogen-bond donors (Lipinski definition) is 2. The Morgan fingerprint density at radius 1 is 1.35 bits per heavy atom. The molecule has 0 spiro atoms. The second-order valence-electron chi connectivity index (χ2n) is 6.50. The van der Waals surface area contributed by atoms with Crippen molar-refractivity contribution in [3.63, 3.8) is 0 Å². The molecule has 2 N–H and O–H groups in total. The lowest BCUT2D eigenvalue weighted by Gasteiger charge is -2.28. The number of rotatable bonds is 6. The molecule has 1 saturated heterocycles. The van der Waals surface area contributed by atoms with Crippen LogP contribution in [0.2, 0.25) is 0 Å². The summed E-state index contributed by atoms with van der Waals surface area (Å²) in [6.07, 6.45) is 3.07. The van der Waals surface area contributed by atoms with Gasteiger partial charge in [0.1, 0.15) is 0 Å². The number of amides is 1. The number of carbonyl (C=O) groups excluding carboxylic acids is 1. The molecule has 0 radical (unpaired) electrons. The van der Waals surface area contributed by atoms with Crippen LogP contribution in [0.5, 0.6) is 0 Å². The van der Waals surface area contributed by atoms with Crippen molar-refractivity contribution < 1.29 is 4.79 Å². The van der Waals surface area contributed by atoms with Crippen LogP contribution in [-0.4, -0.2) is 24.2 Å². The second-order valence-corrected chi connectivity index (χ2v) is 8.12. The van der Waals surface area contributed by atoms with Crippen molar-refractivity contribution in [1.29, 1.82) is 0 Å². The lowest BCUT2D eigenvalue weighted by molar-refractivity contribution is -0.117. The molecule has 0 aliphatic carbocycles. The minimum atomic E-state index is 0. The van der Waals surface area contributed by atoms with Gasteiger partial charge < -0.3 is 10.6 Å². The Labute approximate surface area is 150 Å². The van der Waals surface area contributed by atoms with Crippen molar-refractivity contribution in [2.45, 2.75) is 50.2 Å². The fourth-order valence-electron chi connectivity index (χ4n) is 2.95. The molecule has 1 aromatic rings. The van der Waals surface area contributed by atoms with E-state index in [1.165, 1.54) is 12.8 Å². The minimum absolute atomic E-state index is 0. The Kier molecular flexibility index (Phi) is 9.03. The van der Waals surface area contributed by atoms with Crippen LogP contribution in [0.15, 0.2) is 29.2 Å². The molecule has 0 saturated carbocycles. The van der Waals surface area contributed by atoms with E-state index in [9.17, 15) is 4.79 Å². The van der Waals surface area contributed by atoms with Crippen molar-refractivity contribution in [3.8, 4) is 0 Å². The number of nitrogens with one attached hydrogen (secondary N) is 2. The van der Waals surface area contributed by atoms with E-state index in [1.807, 2.05) is 18.2 Å². The molecule has 1 aliphatic rings. The molecule has 2 unspecified atom stereocenters. The van der Waals surface area contributed by atoms with Gasteiger partial charge in [0, 0.05) is 16.6 Å². The number of anilines is 1. The molecule has 23 heavy (non-hydrogen) atoms. The summed E-state index contributed by atoms with van der Waals surface area (Å²) in [5.41, 5.74) is 0.945. The number of hydrogen-bond acceptors (Lipinski definition) is 3. The topological polar surface area (TPSA) is 41.1 Å². The molecule has 130 valence electrons. The first-order valence-corrected chi connectivity index (χ1v) is 9.20. The molecule has 1 fully saturated rings. The first-order valence-electron chi connectivity index (χ1n) is 8.32. The maximum atomic E-state index is 12.4. The molecule has 5 heteroatoms. The zero-order valence-corrected chi connectivity index (χ0v) is 15.9. The summed E-state index contributed by atoms with van der Waals surface area (Å²) in [5, 5.41) is 7.04. The zero-order chi connectivity index (χ0) is 15.9. The van der Waals surface area contributed by atoms with Crippen LogP contribution in [0, 0.1) is 11.8 Å². The summed E-state index contributed by atoms with van der Waals surface area (Å²) in [6, 6.07) is 8.08. The van der Waals surface area contributed by atoms with Crippen molar-refractivity contribution in [1.82, 2.24) is 5.32 Å². The second kappa shape index (κ2) is 10.2. The van der Waals surface area contributed by atoms with Crippen LogP contribution < -0.4 is 10.6 Å². The van der Waals surface area contributed by atoms with Gasteiger partial charge in [0.15, 0.2) is 0 Å². The van der Waals surface area contributed by atoms with E-state index in [1.54, 1.807) is 11.8 Å². The molecule has 0 aromatic heterocycles. The van der Waals surface area contributed by atoms with E-state index >= 15 is 0 Å². The monoisotopic (exact) mass is 356 g/mol. The highest BCUT2D eigenvalue weighted by atomic mass is 35.5. The van der Waals surface area contributed by atoms with E-state index in [-0.39, 0.29) is 18.3 Å². The van der Waals surface area contributed by atoms with E-state index in [0.29, 0.717) is 23.5 Å². The number of halogens is 1. The summed E-state index contributed by atoms with van der Waals surface area (Å²) in [7, 11) is 0. The van der Waals surface area contributed by atoms with Crippen molar-refractivity contribution in [2.24, 2.45) is 11.8 Å². The minimum Gasteiger partial charge on any atom is -0.325 e. The predicted octanol–water partition coefficient (Wildman–Crippen LogP) is 4.57. The van der Waals surface area contributed by atoms with Gasteiger partial charge in [-0.25, -0.2) is 0 Å². The van der Waals surface area contributed by atoms with E-state index in [2.05, 4.69) is 37.5 Å². The van der Waals surface area contributed by atoms with E-state index in [4.69, 9.17) is 0 Å². The summed E-state index contributed by atoms with van der Waals surface area (Å²) in [6.45, 7) is 8.71. The largest absolute Gasteiger partial charge is 0.325 e. The summed E-state index contributed by atoms with van der Waals surface area (Å²) >= 11 is 1.79. The Hall–Kier alpha value is -0.710. The molecule has 2 rings (SSSR count). The first kappa shape index (κ1) is 20.3. The molecular weight excluding hydrogens is 328 g/mol. The third kappa shape index (κ3) is 6.74. The molecule has 2 atom stereocenters. The highest BCUT2D eigenvalue weighted by Crippen LogP contribution is 2.30. The van der Waals surface area contributed by atoms with Crippen LogP contribution >= 0.6 is 24.2 Å². The summed E-state index contributed by atoms with van der Waals surface area (Å²) < 4.78 is 0. The summed E-state index contributed by atoms with van der Waals surface area (Å²) in [4.78, 5) is 13.5. The predicted molar refractivity (Wildman–Crippen MR) is 103 cm³/mol. The Morgan fingerprint density at radius 2 is 2.09 bits per heavy atom. The molecular formula is C18H29ClN2OS. The van der Waals surface area contributed by atoms with Crippen LogP contribution in [-0.2, 0) is 4.79 Å². The van der Waals surface area contributed by atoms with E-state index in [0.717, 1.165) is 23.7 Å². The summed E-state index contributed by atoms with van der Waals surface area (Å²) in [5.74, 6) is 1.19. The highest BCUT2D eigenvalue weighted by molar-refractivity contribution is 8.00. The van der Waals surface area contributed by atoms with Crippen molar-refractivity contribution >= 4 is 35.8 Å². The number of para-hydroxylation sites is 1. The highest BCUT2D eigenvalue weighted by Gasteiger charge is 2.22. The van der Waals surface area contributed by atoms with Gasteiger partial charge in [-0.1, -0.05) is 32.9 Å². The fraction of sp³-hybridized carbons (Fsp3) is 0.611. The Morgan fingerprint density at radius 3 is 2.74 bits per heavy atom. The maximum absolute atomic E-state index is 12.4. The van der Waals surface area contributed by atoms with Gasteiger partial charge in [-0.3, -0.25) is 4.79 Å².